The van der Waals surface area contributed by atoms with Gasteiger partial charge >= 0.3 is 0 Å². The molecule has 0 aliphatic heterocycles. The van der Waals surface area contributed by atoms with E-state index in [-0.39, 0.29) is 6.04 Å². The number of hydrogen-bond donors (Lipinski definition) is 2. The molecule has 2 N–H and O–H groups in total. The SMILES string of the molecule is CC(C)(C)S(=O)(=O)NC1CCC(CNc2ccc3scnc3c2)CC1. The fourth-order valence-electron chi connectivity index (χ4n) is 3.11. The maximum Gasteiger partial charge on any atom is 0.216 e. The molecule has 3 rings (SSSR count). The molecule has 1 heterocycles. The van der Waals surface area contributed by atoms with Gasteiger partial charge in [0.2, 0.25) is 10.0 Å². The summed E-state index contributed by atoms with van der Waals surface area (Å²) in [5, 5.41) is 3.51. The summed E-state index contributed by atoms with van der Waals surface area (Å²) in [6.45, 7) is 6.15. The third-order valence-corrected chi connectivity index (χ3v) is 7.97. The number of anilines is 1. The van der Waals surface area contributed by atoms with Gasteiger partial charge in [0.25, 0.3) is 0 Å². The first-order valence-electron chi connectivity index (χ1n) is 8.83. The number of hydrogen-bond acceptors (Lipinski definition) is 5. The normalized spacial score (nSPS) is 22.2. The fraction of sp³-hybridized carbons (Fsp3) is 0.611. The lowest BCUT2D eigenvalue weighted by Crippen LogP contribution is -2.46. The van der Waals surface area contributed by atoms with Gasteiger partial charge in [0, 0.05) is 18.3 Å². The lowest BCUT2D eigenvalue weighted by Gasteiger charge is -2.31. The van der Waals surface area contributed by atoms with Crippen molar-refractivity contribution in [3.8, 4) is 0 Å². The minimum atomic E-state index is -3.26. The molecule has 0 radical (unpaired) electrons. The van der Waals surface area contributed by atoms with E-state index >= 15 is 0 Å². The monoisotopic (exact) mass is 381 g/mol. The van der Waals surface area contributed by atoms with Crippen molar-refractivity contribution in [3.05, 3.63) is 23.7 Å². The summed E-state index contributed by atoms with van der Waals surface area (Å²) >= 11 is 1.65. The van der Waals surface area contributed by atoms with Gasteiger partial charge < -0.3 is 5.32 Å². The number of thiazole rings is 1. The minimum absolute atomic E-state index is 0.0758. The van der Waals surface area contributed by atoms with E-state index in [9.17, 15) is 8.42 Å². The summed E-state index contributed by atoms with van der Waals surface area (Å²) in [5.74, 6) is 0.585. The Morgan fingerprint density at radius 1 is 1.20 bits per heavy atom. The molecular formula is C18H27N3O2S2. The third kappa shape index (κ3) is 4.51. The summed E-state index contributed by atoms with van der Waals surface area (Å²) in [5.41, 5.74) is 4.01. The van der Waals surface area contributed by atoms with E-state index in [1.165, 1.54) is 4.70 Å². The number of nitrogens with zero attached hydrogens (tertiary/aromatic N) is 1. The van der Waals surface area contributed by atoms with Gasteiger partial charge in [0.15, 0.2) is 0 Å². The van der Waals surface area contributed by atoms with E-state index in [0.717, 1.165) is 43.4 Å². The Hall–Kier alpha value is -1.18. The lowest BCUT2D eigenvalue weighted by atomic mass is 9.86. The summed E-state index contributed by atoms with van der Waals surface area (Å²) in [4.78, 5) is 4.35. The highest BCUT2D eigenvalue weighted by molar-refractivity contribution is 7.90. The smallest absolute Gasteiger partial charge is 0.216 e. The topological polar surface area (TPSA) is 71.1 Å². The molecule has 2 aromatic rings. The fourth-order valence-corrected chi connectivity index (χ4v) is 4.80. The average molecular weight is 382 g/mol. The summed E-state index contributed by atoms with van der Waals surface area (Å²) in [7, 11) is -3.26. The first-order valence-corrected chi connectivity index (χ1v) is 11.2. The molecule has 1 aliphatic rings. The van der Waals surface area contributed by atoms with Crippen LogP contribution >= 0.6 is 11.3 Å². The van der Waals surface area contributed by atoms with Gasteiger partial charge in [-0.3, -0.25) is 0 Å². The maximum absolute atomic E-state index is 12.3. The highest BCUT2D eigenvalue weighted by Gasteiger charge is 2.32. The maximum atomic E-state index is 12.3. The molecule has 0 amide bonds. The number of aromatic nitrogens is 1. The van der Waals surface area contributed by atoms with E-state index in [1.54, 1.807) is 32.1 Å². The van der Waals surface area contributed by atoms with Crippen LogP contribution in [0.5, 0.6) is 0 Å². The second-order valence-electron chi connectivity index (χ2n) is 7.87. The van der Waals surface area contributed by atoms with Gasteiger partial charge in [0.05, 0.1) is 20.5 Å². The van der Waals surface area contributed by atoms with Crippen molar-refractivity contribution >= 4 is 37.3 Å². The number of fused-ring (bicyclic) bond motifs is 1. The van der Waals surface area contributed by atoms with E-state index in [2.05, 4.69) is 33.2 Å². The molecule has 1 saturated carbocycles. The Kier molecular flexibility index (Phi) is 5.37. The van der Waals surface area contributed by atoms with Gasteiger partial charge in [-0.05, 0) is 70.6 Å². The van der Waals surface area contributed by atoms with Crippen LogP contribution in [0.4, 0.5) is 5.69 Å². The third-order valence-electron chi connectivity index (χ3n) is 4.90. The van der Waals surface area contributed by atoms with E-state index in [0.29, 0.717) is 5.92 Å². The Bertz CT molecular complexity index is 816. The van der Waals surface area contributed by atoms with Gasteiger partial charge in [-0.25, -0.2) is 18.1 Å². The minimum Gasteiger partial charge on any atom is -0.385 e. The Morgan fingerprint density at radius 3 is 2.60 bits per heavy atom. The first-order chi connectivity index (χ1) is 11.7. The molecule has 7 heteroatoms. The number of nitrogens with one attached hydrogen (secondary N) is 2. The first kappa shape index (κ1) is 18.6. The summed E-state index contributed by atoms with van der Waals surface area (Å²) < 4.78 is 27.9. The molecule has 0 saturated heterocycles. The summed E-state index contributed by atoms with van der Waals surface area (Å²) in [6.07, 6.45) is 3.91. The highest BCUT2D eigenvalue weighted by atomic mass is 32.2. The van der Waals surface area contributed by atoms with Gasteiger partial charge in [-0.2, -0.15) is 0 Å². The predicted molar refractivity (Wildman–Crippen MR) is 106 cm³/mol. The molecule has 138 valence electrons. The number of sulfonamides is 1. The molecular weight excluding hydrogens is 354 g/mol. The Morgan fingerprint density at radius 2 is 1.92 bits per heavy atom. The lowest BCUT2D eigenvalue weighted by molar-refractivity contribution is 0.322. The van der Waals surface area contributed by atoms with Crippen molar-refractivity contribution in [1.29, 1.82) is 0 Å². The molecule has 0 atom stereocenters. The van der Waals surface area contributed by atoms with Crippen molar-refractivity contribution in [3.63, 3.8) is 0 Å². The molecule has 0 unspecified atom stereocenters. The number of rotatable bonds is 5. The molecule has 1 aliphatic carbocycles. The molecule has 1 fully saturated rings. The molecule has 0 spiro atoms. The zero-order chi connectivity index (χ0) is 18.1. The van der Waals surface area contributed by atoms with Crippen molar-refractivity contribution in [2.45, 2.75) is 57.2 Å². The Labute approximate surface area is 154 Å². The zero-order valence-corrected chi connectivity index (χ0v) is 16.7. The molecule has 1 aromatic heterocycles. The number of benzene rings is 1. The van der Waals surface area contributed by atoms with Crippen LogP contribution in [0.3, 0.4) is 0 Å². The quantitative estimate of drug-likeness (QED) is 0.822. The molecule has 25 heavy (non-hydrogen) atoms. The second-order valence-corrected chi connectivity index (χ2v) is 11.2. The molecule has 1 aromatic carbocycles. The van der Waals surface area contributed by atoms with Crippen LogP contribution in [0.2, 0.25) is 0 Å². The van der Waals surface area contributed by atoms with Gasteiger partial charge in [-0.1, -0.05) is 0 Å². The Balaban J connectivity index is 1.48. The van der Waals surface area contributed by atoms with E-state index < -0.39 is 14.8 Å². The predicted octanol–water partition coefficient (Wildman–Crippen LogP) is 3.98. The summed E-state index contributed by atoms with van der Waals surface area (Å²) in [6, 6.07) is 6.37. The zero-order valence-electron chi connectivity index (χ0n) is 15.1. The van der Waals surface area contributed by atoms with Crippen LogP contribution in [0, 0.1) is 5.92 Å². The van der Waals surface area contributed by atoms with Crippen LogP contribution in [0.25, 0.3) is 10.2 Å². The second kappa shape index (κ2) is 7.21. The average Bonchev–Trinajstić information content (AvgIpc) is 3.00. The van der Waals surface area contributed by atoms with Crippen LogP contribution in [0.15, 0.2) is 23.7 Å². The van der Waals surface area contributed by atoms with Crippen LogP contribution < -0.4 is 10.0 Å². The van der Waals surface area contributed by atoms with Gasteiger partial charge in [-0.15, -0.1) is 11.3 Å². The van der Waals surface area contributed by atoms with Crippen molar-refractivity contribution in [2.24, 2.45) is 5.92 Å². The van der Waals surface area contributed by atoms with Crippen molar-refractivity contribution in [1.82, 2.24) is 9.71 Å². The van der Waals surface area contributed by atoms with E-state index in [4.69, 9.17) is 0 Å². The van der Waals surface area contributed by atoms with Crippen LogP contribution in [-0.4, -0.2) is 30.7 Å². The van der Waals surface area contributed by atoms with Crippen molar-refractivity contribution in [2.75, 3.05) is 11.9 Å². The van der Waals surface area contributed by atoms with Crippen molar-refractivity contribution < 1.29 is 8.42 Å². The van der Waals surface area contributed by atoms with E-state index in [1.807, 2.05) is 5.51 Å². The standard InChI is InChI=1S/C18H27N3O2S2/c1-18(2,3)25(22,23)21-14-6-4-13(5-7-14)11-19-15-8-9-17-16(10-15)20-12-24-17/h8-10,12-14,19,21H,4-7,11H2,1-3H3. The van der Waals surface area contributed by atoms with Crippen LogP contribution in [0.1, 0.15) is 46.5 Å². The largest absolute Gasteiger partial charge is 0.385 e. The van der Waals surface area contributed by atoms with Gasteiger partial charge in [0.1, 0.15) is 0 Å². The highest BCUT2D eigenvalue weighted by Crippen LogP contribution is 2.27. The van der Waals surface area contributed by atoms with Crippen LogP contribution in [-0.2, 0) is 10.0 Å². The molecule has 5 nitrogen and oxygen atoms in total. The molecule has 0 bridgehead atoms.